The van der Waals surface area contributed by atoms with E-state index in [0.717, 1.165) is 29.0 Å². The van der Waals surface area contributed by atoms with Gasteiger partial charge < -0.3 is 19.9 Å². The Bertz CT molecular complexity index is 862. The second-order valence-electron chi connectivity index (χ2n) is 8.12. The fourth-order valence-corrected chi connectivity index (χ4v) is 5.02. The molecule has 0 unspecified atom stereocenters. The predicted octanol–water partition coefficient (Wildman–Crippen LogP) is 4.89. The molecule has 2 aromatic carbocycles. The molecule has 2 aromatic rings. The normalized spacial score (nSPS) is 27.5. The lowest BCUT2D eigenvalue weighted by molar-refractivity contribution is -0.160. The lowest BCUT2D eigenvalue weighted by atomic mass is 9.43. The molecule has 4 nitrogen and oxygen atoms in total. The van der Waals surface area contributed by atoms with E-state index in [2.05, 4.69) is 39.6 Å². The van der Waals surface area contributed by atoms with Crippen LogP contribution in [0.5, 0.6) is 5.75 Å². The maximum Gasteiger partial charge on any atom is 0.119 e. The topological polar surface area (TPSA) is 27.7 Å². The molecule has 146 valence electrons. The zero-order chi connectivity index (χ0) is 19.2. The highest BCUT2D eigenvalue weighted by atomic mass is 35.5. The molecule has 0 radical (unpaired) electrons. The average molecular weight is 416 g/mol. The fourth-order valence-electron chi connectivity index (χ4n) is 4.77. The van der Waals surface area contributed by atoms with Crippen molar-refractivity contribution in [2.24, 2.45) is 0 Å². The van der Waals surface area contributed by atoms with Gasteiger partial charge in [-0.1, -0.05) is 23.2 Å². The first-order valence-corrected chi connectivity index (χ1v) is 10.4. The molecular weight excluding hydrogens is 393 g/mol. The van der Waals surface area contributed by atoms with E-state index < -0.39 is 0 Å². The Morgan fingerprint density at radius 1 is 0.893 bits per heavy atom. The van der Waals surface area contributed by atoms with E-state index in [1.165, 1.54) is 24.9 Å². The van der Waals surface area contributed by atoms with Gasteiger partial charge in [0.1, 0.15) is 12.4 Å². The number of hydrogen-bond acceptors (Lipinski definition) is 4. The first-order valence-electron chi connectivity index (χ1n) is 9.67. The monoisotopic (exact) mass is 415 g/mol. The van der Waals surface area contributed by atoms with Crippen LogP contribution in [0, 0.1) is 0 Å². The quantitative estimate of drug-likeness (QED) is 0.651. The van der Waals surface area contributed by atoms with Gasteiger partial charge in [0.05, 0.1) is 6.67 Å². The van der Waals surface area contributed by atoms with Crippen molar-refractivity contribution in [2.45, 2.75) is 30.3 Å². The van der Waals surface area contributed by atoms with Crippen molar-refractivity contribution >= 4 is 28.9 Å². The van der Waals surface area contributed by atoms with Crippen molar-refractivity contribution in [3.8, 4) is 5.75 Å². The third-order valence-electron chi connectivity index (χ3n) is 6.19. The molecule has 3 saturated carbocycles. The van der Waals surface area contributed by atoms with E-state index in [4.69, 9.17) is 27.9 Å². The van der Waals surface area contributed by atoms with Crippen molar-refractivity contribution < 1.29 is 4.74 Å². The maximum atomic E-state index is 6.00. The summed E-state index contributed by atoms with van der Waals surface area (Å²) in [5.74, 6) is 0.866. The lowest BCUT2D eigenvalue weighted by Crippen LogP contribution is -2.82. The van der Waals surface area contributed by atoms with Gasteiger partial charge in [0.2, 0.25) is 0 Å². The van der Waals surface area contributed by atoms with Gasteiger partial charge in [-0.15, -0.1) is 0 Å². The Hall–Kier alpha value is -1.88. The minimum atomic E-state index is 0.310. The summed E-state index contributed by atoms with van der Waals surface area (Å²) in [6, 6.07) is 15.6. The molecule has 1 N–H and O–H groups in total. The van der Waals surface area contributed by atoms with Gasteiger partial charge in [-0.05, 0) is 67.8 Å². The molecule has 1 heterocycles. The lowest BCUT2D eigenvalue weighted by Gasteiger charge is -2.73. The zero-order valence-electron chi connectivity index (χ0n) is 15.6. The number of rotatable bonds is 7. The number of ether oxygens (including phenoxy) is 1. The Labute approximate surface area is 175 Å². The second kappa shape index (κ2) is 6.87. The number of hydrogen-bond donors (Lipinski definition) is 1. The van der Waals surface area contributed by atoms with Gasteiger partial charge in [-0.25, -0.2) is 0 Å². The second-order valence-corrected chi connectivity index (χ2v) is 8.99. The van der Waals surface area contributed by atoms with E-state index in [-0.39, 0.29) is 0 Å². The summed E-state index contributed by atoms with van der Waals surface area (Å²) in [5.41, 5.74) is 1.83. The van der Waals surface area contributed by atoms with Gasteiger partial charge in [0.15, 0.2) is 0 Å². The van der Waals surface area contributed by atoms with E-state index >= 15 is 0 Å². The van der Waals surface area contributed by atoms with Crippen LogP contribution >= 0.6 is 23.2 Å². The van der Waals surface area contributed by atoms with Crippen molar-refractivity contribution in [1.29, 1.82) is 0 Å². The number of nitrogens with zero attached hydrogens (tertiary/aromatic N) is 2. The molecule has 1 aliphatic heterocycles. The highest BCUT2D eigenvalue weighted by Gasteiger charge is 2.70. The molecule has 28 heavy (non-hydrogen) atoms. The molecule has 0 spiro atoms. The van der Waals surface area contributed by atoms with Gasteiger partial charge in [-0.3, -0.25) is 0 Å². The summed E-state index contributed by atoms with van der Waals surface area (Å²) in [6.45, 7) is 2.45. The van der Waals surface area contributed by atoms with Gasteiger partial charge in [0, 0.05) is 45.8 Å². The minimum Gasteiger partial charge on any atom is -0.492 e. The number of anilines is 1. The zero-order valence-corrected chi connectivity index (χ0v) is 17.1. The summed E-state index contributed by atoms with van der Waals surface area (Å²) in [4.78, 5) is 4.77. The van der Waals surface area contributed by atoms with Crippen molar-refractivity contribution in [3.63, 3.8) is 0 Å². The third-order valence-corrected chi connectivity index (χ3v) is 6.69. The van der Waals surface area contributed by atoms with Crippen LogP contribution < -0.4 is 15.0 Å². The Morgan fingerprint density at radius 2 is 1.54 bits per heavy atom. The van der Waals surface area contributed by atoms with Crippen molar-refractivity contribution in [1.82, 2.24) is 10.2 Å². The van der Waals surface area contributed by atoms with E-state index in [9.17, 15) is 0 Å². The van der Waals surface area contributed by atoms with Crippen LogP contribution in [0.4, 0.5) is 5.69 Å². The van der Waals surface area contributed by atoms with E-state index in [1.54, 1.807) is 0 Å². The largest absolute Gasteiger partial charge is 0.492 e. The molecular formula is C22H23Cl2N3O. The van der Waals surface area contributed by atoms with Crippen LogP contribution in [0.1, 0.15) is 19.3 Å². The smallest absolute Gasteiger partial charge is 0.119 e. The summed E-state index contributed by atoms with van der Waals surface area (Å²) in [5, 5.41) is 5.22. The highest BCUT2D eigenvalue weighted by Crippen LogP contribution is 2.64. The fraction of sp³-hybridized carbons (Fsp3) is 0.364. The van der Waals surface area contributed by atoms with Gasteiger partial charge >= 0.3 is 0 Å². The van der Waals surface area contributed by atoms with Crippen LogP contribution in [0.25, 0.3) is 0 Å². The molecule has 0 aromatic heterocycles. The maximum absolute atomic E-state index is 6.00. The first kappa shape index (κ1) is 18.2. The molecule has 4 aliphatic rings. The minimum absolute atomic E-state index is 0.310. The Balaban J connectivity index is 1.07. The molecule has 6 heteroatoms. The molecule has 0 atom stereocenters. The average Bonchev–Trinajstić information content (AvgIpc) is 3.11. The molecule has 2 bridgehead atoms. The summed E-state index contributed by atoms with van der Waals surface area (Å²) in [7, 11) is 0. The SMILES string of the molecule is Clc1ccc(OCCNC23CC(N4C=CN(c5ccc(Cl)cc5)C4)(C2)C3)cc1. The van der Waals surface area contributed by atoms with E-state index in [0.29, 0.717) is 17.7 Å². The van der Waals surface area contributed by atoms with Crippen LogP contribution in [-0.2, 0) is 0 Å². The Morgan fingerprint density at radius 3 is 2.21 bits per heavy atom. The first-order chi connectivity index (χ1) is 13.6. The number of benzene rings is 2. The summed E-state index contributed by atoms with van der Waals surface area (Å²) < 4.78 is 5.78. The summed E-state index contributed by atoms with van der Waals surface area (Å²) in [6.07, 6.45) is 8.03. The predicted molar refractivity (Wildman–Crippen MR) is 114 cm³/mol. The highest BCUT2D eigenvalue weighted by molar-refractivity contribution is 6.30. The van der Waals surface area contributed by atoms with Crippen LogP contribution in [0.15, 0.2) is 60.9 Å². The number of nitrogens with one attached hydrogen (secondary N) is 1. The van der Waals surface area contributed by atoms with Crippen LogP contribution in [0.3, 0.4) is 0 Å². The molecule has 0 saturated heterocycles. The molecule has 6 rings (SSSR count). The van der Waals surface area contributed by atoms with E-state index in [1.807, 2.05) is 36.4 Å². The van der Waals surface area contributed by atoms with Crippen LogP contribution in [0.2, 0.25) is 10.0 Å². The molecule has 0 amide bonds. The Kier molecular flexibility index (Phi) is 4.46. The van der Waals surface area contributed by atoms with Crippen molar-refractivity contribution in [2.75, 3.05) is 24.7 Å². The molecule has 3 fully saturated rings. The number of halogens is 2. The standard InChI is InChI=1S/C22H23Cl2N3O/c23-17-1-5-19(6-2-17)26-10-11-27(16-26)22-13-21(14-22,15-22)25-9-12-28-20-7-3-18(24)4-8-20/h1-8,10-11,25H,9,12-16H2. The summed E-state index contributed by atoms with van der Waals surface area (Å²) >= 11 is 11.9. The van der Waals surface area contributed by atoms with Crippen molar-refractivity contribution in [3.05, 3.63) is 71.0 Å². The third kappa shape index (κ3) is 3.24. The van der Waals surface area contributed by atoms with Crippen LogP contribution in [-0.4, -0.2) is 35.8 Å². The van der Waals surface area contributed by atoms with Gasteiger partial charge in [0.25, 0.3) is 0 Å². The molecule has 3 aliphatic carbocycles. The van der Waals surface area contributed by atoms with Gasteiger partial charge in [-0.2, -0.15) is 0 Å².